The van der Waals surface area contributed by atoms with Crippen molar-refractivity contribution in [2.45, 2.75) is 19.6 Å². The fraction of sp³-hybridized carbons (Fsp3) is 0.278. The molecule has 1 amide bonds. The third-order valence-corrected chi connectivity index (χ3v) is 3.38. The van der Waals surface area contributed by atoms with Gasteiger partial charge in [-0.15, -0.1) is 0 Å². The molecule has 0 aromatic heterocycles. The van der Waals surface area contributed by atoms with Gasteiger partial charge in [-0.25, -0.2) is 0 Å². The smallest absolute Gasteiger partial charge is 0.246 e. The van der Waals surface area contributed by atoms with Crippen LogP contribution in [0, 0.1) is 6.92 Å². The highest BCUT2D eigenvalue weighted by atomic mass is 16.5. The van der Waals surface area contributed by atoms with E-state index < -0.39 is 6.10 Å². The van der Waals surface area contributed by atoms with Gasteiger partial charge < -0.3 is 15.2 Å². The summed E-state index contributed by atoms with van der Waals surface area (Å²) in [7, 11) is 0. The largest absolute Gasteiger partial charge is 0.387 e. The van der Waals surface area contributed by atoms with Gasteiger partial charge in [0.05, 0.1) is 12.7 Å². The summed E-state index contributed by atoms with van der Waals surface area (Å²) < 4.78 is 5.35. The molecule has 2 aromatic rings. The molecule has 1 unspecified atom stereocenters. The molecule has 4 heteroatoms. The van der Waals surface area contributed by atoms with Gasteiger partial charge >= 0.3 is 0 Å². The lowest BCUT2D eigenvalue weighted by Gasteiger charge is -2.14. The molecule has 0 radical (unpaired) electrons. The molecule has 1 atom stereocenters. The molecular weight excluding hydrogens is 278 g/mol. The van der Waals surface area contributed by atoms with Gasteiger partial charge in [0.15, 0.2) is 0 Å². The highest BCUT2D eigenvalue weighted by molar-refractivity contribution is 5.77. The lowest BCUT2D eigenvalue weighted by molar-refractivity contribution is -0.126. The molecule has 2 N–H and O–H groups in total. The Morgan fingerprint density at radius 3 is 2.55 bits per heavy atom. The Labute approximate surface area is 130 Å². The number of aliphatic hydroxyl groups is 1. The van der Waals surface area contributed by atoms with E-state index in [0.29, 0.717) is 6.61 Å². The van der Waals surface area contributed by atoms with E-state index in [2.05, 4.69) is 5.32 Å². The molecule has 0 heterocycles. The van der Waals surface area contributed by atoms with Crippen molar-refractivity contribution < 1.29 is 14.6 Å². The lowest BCUT2D eigenvalue weighted by Crippen LogP contribution is -2.31. The van der Waals surface area contributed by atoms with Gasteiger partial charge in [0.2, 0.25) is 5.91 Å². The number of rotatable bonds is 7. The summed E-state index contributed by atoms with van der Waals surface area (Å²) >= 11 is 0. The number of aliphatic hydroxyl groups excluding tert-OH is 1. The van der Waals surface area contributed by atoms with Crippen molar-refractivity contribution in [1.82, 2.24) is 5.32 Å². The van der Waals surface area contributed by atoms with Crippen LogP contribution in [0.1, 0.15) is 22.8 Å². The van der Waals surface area contributed by atoms with Crippen LogP contribution in [0.3, 0.4) is 0 Å². The molecule has 0 saturated heterocycles. The second-order valence-electron chi connectivity index (χ2n) is 5.15. The number of nitrogens with one attached hydrogen (secondary N) is 1. The van der Waals surface area contributed by atoms with E-state index in [1.807, 2.05) is 61.5 Å². The predicted octanol–water partition coefficient (Wildman–Crippen LogP) is 2.36. The standard InChI is InChI=1S/C18H21NO3/c1-14-7-5-6-10-16(14)17(20)11-19-18(21)13-22-12-15-8-3-2-4-9-15/h2-10,17,20H,11-13H2,1H3,(H,19,21). The molecule has 0 aliphatic heterocycles. The number of carbonyl (C=O) groups is 1. The van der Waals surface area contributed by atoms with Crippen LogP contribution in [-0.2, 0) is 16.1 Å². The van der Waals surface area contributed by atoms with Crippen LogP contribution in [0.2, 0.25) is 0 Å². The molecule has 0 fully saturated rings. The highest BCUT2D eigenvalue weighted by Gasteiger charge is 2.11. The lowest BCUT2D eigenvalue weighted by atomic mass is 10.0. The first kappa shape index (κ1) is 16.2. The van der Waals surface area contributed by atoms with Crippen LogP contribution in [0.25, 0.3) is 0 Å². The Balaban J connectivity index is 1.70. The summed E-state index contributed by atoms with van der Waals surface area (Å²) in [4.78, 5) is 11.7. The maximum atomic E-state index is 11.7. The van der Waals surface area contributed by atoms with Crippen molar-refractivity contribution >= 4 is 5.91 Å². The van der Waals surface area contributed by atoms with E-state index in [0.717, 1.165) is 16.7 Å². The average Bonchev–Trinajstić information content (AvgIpc) is 2.54. The zero-order valence-electron chi connectivity index (χ0n) is 12.7. The van der Waals surface area contributed by atoms with E-state index >= 15 is 0 Å². The summed E-state index contributed by atoms with van der Waals surface area (Å²) in [5.74, 6) is -0.233. The first-order valence-electron chi connectivity index (χ1n) is 7.29. The minimum atomic E-state index is -0.709. The van der Waals surface area contributed by atoms with Crippen LogP contribution in [0.4, 0.5) is 0 Å². The van der Waals surface area contributed by atoms with Gasteiger partial charge in [-0.1, -0.05) is 54.6 Å². The fourth-order valence-electron chi connectivity index (χ4n) is 2.17. The molecule has 116 valence electrons. The second-order valence-corrected chi connectivity index (χ2v) is 5.15. The van der Waals surface area contributed by atoms with Crippen LogP contribution in [0.15, 0.2) is 54.6 Å². The van der Waals surface area contributed by atoms with Crippen LogP contribution >= 0.6 is 0 Å². The third kappa shape index (κ3) is 4.98. The summed E-state index contributed by atoms with van der Waals surface area (Å²) in [6.45, 7) is 2.49. The Morgan fingerprint density at radius 2 is 1.82 bits per heavy atom. The minimum absolute atomic E-state index is 0.0185. The van der Waals surface area contributed by atoms with Gasteiger partial charge in [-0.2, -0.15) is 0 Å². The number of hydrogen-bond donors (Lipinski definition) is 2. The number of carbonyl (C=O) groups excluding carboxylic acids is 1. The molecule has 0 bridgehead atoms. The monoisotopic (exact) mass is 299 g/mol. The zero-order chi connectivity index (χ0) is 15.8. The van der Waals surface area contributed by atoms with Crippen molar-refractivity contribution in [1.29, 1.82) is 0 Å². The number of benzene rings is 2. The molecule has 0 aliphatic rings. The van der Waals surface area contributed by atoms with E-state index in [1.165, 1.54) is 0 Å². The van der Waals surface area contributed by atoms with Crippen molar-refractivity contribution in [2.24, 2.45) is 0 Å². The quantitative estimate of drug-likeness (QED) is 0.825. The molecule has 22 heavy (non-hydrogen) atoms. The SMILES string of the molecule is Cc1ccccc1C(O)CNC(=O)COCc1ccccc1. The van der Waals surface area contributed by atoms with Crippen LogP contribution in [-0.4, -0.2) is 24.2 Å². The van der Waals surface area contributed by atoms with Gasteiger partial charge in [0, 0.05) is 6.54 Å². The molecule has 4 nitrogen and oxygen atoms in total. The Kier molecular flexibility index (Phi) is 6.13. The topological polar surface area (TPSA) is 58.6 Å². The predicted molar refractivity (Wildman–Crippen MR) is 85.2 cm³/mol. The first-order chi connectivity index (χ1) is 10.7. The number of ether oxygens (including phenoxy) is 1. The first-order valence-corrected chi connectivity index (χ1v) is 7.29. The molecule has 0 saturated carbocycles. The van der Waals surface area contributed by atoms with Gasteiger partial charge in [-0.3, -0.25) is 4.79 Å². The maximum absolute atomic E-state index is 11.7. The van der Waals surface area contributed by atoms with Gasteiger partial charge in [0.1, 0.15) is 6.61 Å². The van der Waals surface area contributed by atoms with E-state index in [1.54, 1.807) is 0 Å². The third-order valence-electron chi connectivity index (χ3n) is 3.38. The van der Waals surface area contributed by atoms with Crippen molar-refractivity contribution in [3.63, 3.8) is 0 Å². The Morgan fingerprint density at radius 1 is 1.14 bits per heavy atom. The van der Waals surface area contributed by atoms with Crippen LogP contribution in [0.5, 0.6) is 0 Å². The second kappa shape index (κ2) is 8.32. The van der Waals surface area contributed by atoms with Crippen molar-refractivity contribution in [3.05, 3.63) is 71.3 Å². The average molecular weight is 299 g/mol. The molecule has 0 aliphatic carbocycles. The summed E-state index contributed by atoms with van der Waals surface area (Å²) in [6, 6.07) is 17.3. The molecule has 0 spiro atoms. The van der Waals surface area contributed by atoms with Gasteiger partial charge in [0.25, 0.3) is 0 Å². The summed E-state index contributed by atoms with van der Waals surface area (Å²) in [5.41, 5.74) is 2.85. The maximum Gasteiger partial charge on any atom is 0.246 e. The normalized spacial score (nSPS) is 11.9. The van der Waals surface area contributed by atoms with E-state index in [4.69, 9.17) is 4.74 Å². The highest BCUT2D eigenvalue weighted by Crippen LogP contribution is 2.16. The summed E-state index contributed by atoms with van der Waals surface area (Å²) in [6.07, 6.45) is -0.709. The molecule has 2 aromatic carbocycles. The fourth-order valence-corrected chi connectivity index (χ4v) is 2.17. The Hall–Kier alpha value is -2.17. The van der Waals surface area contributed by atoms with Crippen molar-refractivity contribution in [3.8, 4) is 0 Å². The number of aryl methyl sites for hydroxylation is 1. The minimum Gasteiger partial charge on any atom is -0.387 e. The van der Waals surface area contributed by atoms with Gasteiger partial charge in [-0.05, 0) is 23.6 Å². The summed E-state index contributed by atoms with van der Waals surface area (Å²) in [5, 5.41) is 12.8. The molecule has 2 rings (SSSR count). The molecular formula is C18H21NO3. The van der Waals surface area contributed by atoms with E-state index in [9.17, 15) is 9.90 Å². The Bertz CT molecular complexity index is 598. The van der Waals surface area contributed by atoms with Crippen LogP contribution < -0.4 is 5.32 Å². The van der Waals surface area contributed by atoms with Crippen molar-refractivity contribution in [2.75, 3.05) is 13.2 Å². The number of hydrogen-bond acceptors (Lipinski definition) is 3. The van der Waals surface area contributed by atoms with E-state index in [-0.39, 0.29) is 19.1 Å². The number of amides is 1. The zero-order valence-corrected chi connectivity index (χ0v) is 12.7.